The molecule has 1 heterocycles. The van der Waals surface area contributed by atoms with Gasteiger partial charge in [0.1, 0.15) is 5.82 Å². The van der Waals surface area contributed by atoms with Crippen LogP contribution in [0.4, 0.5) is 13.2 Å². The van der Waals surface area contributed by atoms with Crippen molar-refractivity contribution >= 4 is 0 Å². The Bertz CT molecular complexity index is 336. The molecule has 0 saturated heterocycles. The molecule has 0 spiro atoms. The van der Waals surface area contributed by atoms with Gasteiger partial charge < -0.3 is 0 Å². The number of rotatable bonds is 0. The fourth-order valence-electron chi connectivity index (χ4n) is 1.52. The summed E-state index contributed by atoms with van der Waals surface area (Å²) in [6, 6.07) is 0.349. The van der Waals surface area contributed by atoms with E-state index in [1.807, 2.05) is 0 Å². The number of benzene rings is 1. The van der Waals surface area contributed by atoms with Crippen molar-refractivity contribution in [2.24, 2.45) is 0 Å². The first-order valence-corrected chi connectivity index (χ1v) is 4.01. The predicted octanol–water partition coefficient (Wildman–Crippen LogP) is 2.02. The van der Waals surface area contributed by atoms with E-state index >= 15 is 0 Å². The topological polar surface area (TPSA) is 12.0 Å². The number of fused-ring (bicyclic) bond motifs is 1. The summed E-state index contributed by atoms with van der Waals surface area (Å²) >= 11 is 0. The van der Waals surface area contributed by atoms with Gasteiger partial charge in [-0.15, -0.1) is 0 Å². The van der Waals surface area contributed by atoms with Crippen LogP contribution < -0.4 is 5.32 Å². The first-order chi connectivity index (χ1) is 6.09. The van der Waals surface area contributed by atoms with Crippen LogP contribution in [0.3, 0.4) is 0 Å². The van der Waals surface area contributed by atoms with Gasteiger partial charge >= 0.3 is 6.05 Å². The average Bonchev–Trinajstić information content (AvgIpc) is 2.02. The first-order valence-electron chi connectivity index (χ1n) is 4.01. The summed E-state index contributed by atoms with van der Waals surface area (Å²) in [5.41, 5.74) is 0.281. The second kappa shape index (κ2) is 2.73. The molecule has 1 nitrogen and oxygen atoms in total. The summed E-state index contributed by atoms with van der Waals surface area (Å²) in [7, 11) is 0. The standard InChI is InChI=1S/C9H8F3N/c10-7-1-2-8-6(5-7)3-4-13-9(8,11)12/h1-2,5,13H,3-4H2. The minimum atomic E-state index is -3.01. The fraction of sp³-hybridized carbons (Fsp3) is 0.333. The maximum Gasteiger partial charge on any atom is 0.329 e. The molecule has 1 aromatic carbocycles. The van der Waals surface area contributed by atoms with Gasteiger partial charge in [-0.05, 0) is 30.2 Å². The van der Waals surface area contributed by atoms with Crippen molar-refractivity contribution in [3.05, 3.63) is 35.1 Å². The van der Waals surface area contributed by atoms with E-state index in [2.05, 4.69) is 5.32 Å². The van der Waals surface area contributed by atoms with Crippen molar-refractivity contribution < 1.29 is 13.2 Å². The maximum atomic E-state index is 13.1. The zero-order valence-electron chi connectivity index (χ0n) is 6.78. The molecule has 70 valence electrons. The lowest BCUT2D eigenvalue weighted by molar-refractivity contribution is -0.0468. The lowest BCUT2D eigenvalue weighted by atomic mass is 9.99. The van der Waals surface area contributed by atoms with Crippen molar-refractivity contribution in [3.8, 4) is 0 Å². The third kappa shape index (κ3) is 1.42. The molecule has 2 rings (SSSR count). The van der Waals surface area contributed by atoms with Crippen molar-refractivity contribution in [3.63, 3.8) is 0 Å². The number of halogens is 3. The van der Waals surface area contributed by atoms with Crippen molar-refractivity contribution in [2.75, 3.05) is 6.54 Å². The van der Waals surface area contributed by atoms with E-state index in [0.29, 0.717) is 12.0 Å². The summed E-state index contributed by atoms with van der Waals surface area (Å²) in [6.07, 6.45) is 0.447. The molecule has 0 bridgehead atoms. The van der Waals surface area contributed by atoms with Gasteiger partial charge in [0.25, 0.3) is 0 Å². The molecule has 0 aromatic heterocycles. The Kier molecular flexibility index (Phi) is 1.80. The zero-order valence-corrected chi connectivity index (χ0v) is 6.78. The van der Waals surface area contributed by atoms with E-state index < -0.39 is 11.9 Å². The largest absolute Gasteiger partial charge is 0.329 e. The molecule has 0 atom stereocenters. The van der Waals surface area contributed by atoms with Crippen LogP contribution >= 0.6 is 0 Å². The Morgan fingerprint density at radius 2 is 2.08 bits per heavy atom. The zero-order chi connectivity index (χ0) is 9.47. The highest BCUT2D eigenvalue weighted by Crippen LogP contribution is 2.31. The number of hydrogen-bond donors (Lipinski definition) is 1. The first kappa shape index (κ1) is 8.56. The van der Waals surface area contributed by atoms with Crippen LogP contribution in [-0.4, -0.2) is 6.54 Å². The Balaban J connectivity index is 2.53. The summed E-state index contributed by atoms with van der Waals surface area (Å²) in [6.45, 7) is 0.184. The van der Waals surface area contributed by atoms with Crippen LogP contribution in [-0.2, 0) is 12.5 Å². The monoisotopic (exact) mass is 187 g/mol. The van der Waals surface area contributed by atoms with Gasteiger partial charge in [0.05, 0.1) is 0 Å². The van der Waals surface area contributed by atoms with E-state index in [-0.39, 0.29) is 12.1 Å². The molecule has 13 heavy (non-hydrogen) atoms. The number of hydrogen-bond acceptors (Lipinski definition) is 1. The Hall–Kier alpha value is -1.03. The molecule has 1 aliphatic rings. The van der Waals surface area contributed by atoms with Crippen LogP contribution in [0.15, 0.2) is 18.2 Å². The predicted molar refractivity (Wildman–Crippen MR) is 42.0 cm³/mol. The van der Waals surface area contributed by atoms with Gasteiger partial charge in [0.15, 0.2) is 0 Å². The number of nitrogens with one attached hydrogen (secondary N) is 1. The van der Waals surface area contributed by atoms with Gasteiger partial charge in [0.2, 0.25) is 0 Å². The molecule has 0 amide bonds. The quantitative estimate of drug-likeness (QED) is 0.613. The SMILES string of the molecule is Fc1ccc2c(c1)CCNC2(F)F. The summed E-state index contributed by atoms with van der Waals surface area (Å²) in [5.74, 6) is -0.462. The second-order valence-electron chi connectivity index (χ2n) is 3.05. The Morgan fingerprint density at radius 3 is 2.85 bits per heavy atom. The van der Waals surface area contributed by atoms with E-state index in [4.69, 9.17) is 0 Å². The molecule has 1 N–H and O–H groups in total. The molecule has 0 saturated carbocycles. The van der Waals surface area contributed by atoms with Crippen molar-refractivity contribution in [2.45, 2.75) is 12.5 Å². The van der Waals surface area contributed by atoms with E-state index in [1.54, 1.807) is 0 Å². The normalized spacial score (nSPS) is 19.6. The third-order valence-electron chi connectivity index (χ3n) is 2.15. The minimum absolute atomic E-state index is 0.111. The van der Waals surface area contributed by atoms with E-state index in [1.165, 1.54) is 6.07 Å². The third-order valence-corrected chi connectivity index (χ3v) is 2.15. The summed E-state index contributed by atoms with van der Waals surface area (Å²) in [5, 5.41) is 2.08. The molecule has 0 radical (unpaired) electrons. The smallest absolute Gasteiger partial charge is 0.254 e. The molecule has 0 unspecified atom stereocenters. The van der Waals surface area contributed by atoms with E-state index in [9.17, 15) is 13.2 Å². The summed E-state index contributed by atoms with van der Waals surface area (Å²) < 4.78 is 38.9. The molecule has 1 aromatic rings. The van der Waals surface area contributed by atoms with Gasteiger partial charge in [0, 0.05) is 12.1 Å². The Morgan fingerprint density at radius 1 is 1.31 bits per heavy atom. The molecule has 0 aliphatic carbocycles. The molecule has 4 heteroatoms. The average molecular weight is 187 g/mol. The van der Waals surface area contributed by atoms with Crippen LogP contribution in [0.5, 0.6) is 0 Å². The van der Waals surface area contributed by atoms with E-state index in [0.717, 1.165) is 12.1 Å². The van der Waals surface area contributed by atoms with Crippen LogP contribution in [0, 0.1) is 5.82 Å². The maximum absolute atomic E-state index is 13.1. The lowest BCUT2D eigenvalue weighted by Gasteiger charge is -2.26. The Labute approximate surface area is 73.6 Å². The molecule has 1 aliphatic heterocycles. The van der Waals surface area contributed by atoms with Crippen molar-refractivity contribution in [1.29, 1.82) is 0 Å². The molecular formula is C9H8F3N. The minimum Gasteiger partial charge on any atom is -0.254 e. The van der Waals surface area contributed by atoms with Gasteiger partial charge in [-0.2, -0.15) is 8.78 Å². The van der Waals surface area contributed by atoms with Crippen LogP contribution in [0.2, 0.25) is 0 Å². The summed E-state index contributed by atoms with van der Waals surface area (Å²) in [4.78, 5) is 0. The fourth-order valence-corrected chi connectivity index (χ4v) is 1.52. The number of alkyl halides is 2. The van der Waals surface area contributed by atoms with Gasteiger partial charge in [-0.1, -0.05) is 0 Å². The van der Waals surface area contributed by atoms with Crippen LogP contribution in [0.1, 0.15) is 11.1 Å². The second-order valence-corrected chi connectivity index (χ2v) is 3.05. The highest BCUT2D eigenvalue weighted by Gasteiger charge is 2.36. The molecular weight excluding hydrogens is 179 g/mol. The van der Waals surface area contributed by atoms with Gasteiger partial charge in [-0.3, -0.25) is 5.32 Å². The molecule has 0 fully saturated rings. The highest BCUT2D eigenvalue weighted by atomic mass is 19.3. The van der Waals surface area contributed by atoms with Crippen LogP contribution in [0.25, 0.3) is 0 Å². The lowest BCUT2D eigenvalue weighted by Crippen LogP contribution is -2.40. The van der Waals surface area contributed by atoms with Gasteiger partial charge in [-0.25, -0.2) is 4.39 Å². The highest BCUT2D eigenvalue weighted by molar-refractivity contribution is 5.33. The van der Waals surface area contributed by atoms with Crippen molar-refractivity contribution in [1.82, 2.24) is 5.32 Å².